The van der Waals surface area contributed by atoms with Crippen molar-refractivity contribution in [1.29, 1.82) is 0 Å². The van der Waals surface area contributed by atoms with Crippen LogP contribution in [0.2, 0.25) is 0 Å². The fourth-order valence-corrected chi connectivity index (χ4v) is 5.97. The molecule has 0 radical (unpaired) electrons. The fraction of sp³-hybridized carbons (Fsp3) is 0.281. The first-order valence-corrected chi connectivity index (χ1v) is 14.6. The molecule has 15 heteroatoms. The van der Waals surface area contributed by atoms with E-state index in [0.717, 1.165) is 24.6 Å². The normalized spacial score (nSPS) is 20.7. The Kier molecular flexibility index (Phi) is 6.86. The second-order valence-corrected chi connectivity index (χ2v) is 11.8. The number of benzene rings is 2. The van der Waals surface area contributed by atoms with Crippen molar-refractivity contribution in [3.05, 3.63) is 83.4 Å². The number of urea groups is 1. The molecule has 3 aliphatic rings. The molecule has 11 nitrogen and oxygen atoms in total. The molecule has 0 spiro atoms. The minimum Gasteiger partial charge on any atom is -0.486 e. The molecular weight excluding hydrogens is 624 g/mol. The Labute approximate surface area is 263 Å². The molecule has 242 valence electrons. The van der Waals surface area contributed by atoms with Crippen molar-refractivity contribution in [3.8, 4) is 17.0 Å². The number of alkyl halides is 3. The van der Waals surface area contributed by atoms with E-state index in [4.69, 9.17) is 10.5 Å². The second-order valence-electron chi connectivity index (χ2n) is 11.8. The van der Waals surface area contributed by atoms with Gasteiger partial charge in [-0.1, -0.05) is 6.07 Å². The molecule has 2 aromatic carbocycles. The van der Waals surface area contributed by atoms with Crippen LogP contribution in [-0.4, -0.2) is 69.7 Å². The third-order valence-corrected chi connectivity index (χ3v) is 8.92. The third kappa shape index (κ3) is 4.88. The summed E-state index contributed by atoms with van der Waals surface area (Å²) in [4.78, 5) is 48.4. The van der Waals surface area contributed by atoms with E-state index in [-0.39, 0.29) is 40.2 Å². The van der Waals surface area contributed by atoms with Gasteiger partial charge in [-0.2, -0.15) is 13.2 Å². The van der Waals surface area contributed by atoms with Crippen LogP contribution in [0.15, 0.2) is 60.8 Å². The van der Waals surface area contributed by atoms with E-state index >= 15 is 0 Å². The van der Waals surface area contributed by atoms with E-state index in [2.05, 4.69) is 20.6 Å². The highest BCUT2D eigenvalue weighted by Gasteiger charge is 2.69. The van der Waals surface area contributed by atoms with Crippen LogP contribution in [0.4, 0.5) is 28.0 Å². The first-order chi connectivity index (χ1) is 22.3. The summed E-state index contributed by atoms with van der Waals surface area (Å²) in [5.41, 5.74) is -0.00907. The van der Waals surface area contributed by atoms with Gasteiger partial charge in [0.1, 0.15) is 23.0 Å². The van der Waals surface area contributed by atoms with Crippen LogP contribution in [0.3, 0.4) is 0 Å². The van der Waals surface area contributed by atoms with E-state index in [1.165, 1.54) is 30.5 Å². The van der Waals surface area contributed by atoms with Crippen molar-refractivity contribution in [1.82, 2.24) is 20.2 Å². The predicted molar refractivity (Wildman–Crippen MR) is 159 cm³/mol. The Morgan fingerprint density at radius 2 is 1.85 bits per heavy atom. The molecular formula is C32H26F4N6O5. The SMILES string of the molecule is NC(=O)[C@@]12CC1Oc1c2cc(C(O)(CNC(=O)c2cc(NC(=O)N3CCC3)c3ncccc3c2)C(F)(F)F)nc1-c1ccc(F)cc1. The number of aromatic nitrogens is 2. The van der Waals surface area contributed by atoms with Gasteiger partial charge in [-0.3, -0.25) is 14.6 Å². The van der Waals surface area contributed by atoms with Crippen molar-refractivity contribution in [2.45, 2.75) is 36.1 Å². The van der Waals surface area contributed by atoms with Gasteiger partial charge in [-0.05, 0) is 55.0 Å². The smallest absolute Gasteiger partial charge is 0.424 e. The third-order valence-electron chi connectivity index (χ3n) is 8.92. The second kappa shape index (κ2) is 10.6. The van der Waals surface area contributed by atoms with Crippen LogP contribution in [0.1, 0.15) is 34.5 Å². The molecule has 47 heavy (non-hydrogen) atoms. The van der Waals surface area contributed by atoms with Crippen LogP contribution in [0, 0.1) is 5.82 Å². The highest BCUT2D eigenvalue weighted by atomic mass is 19.4. The summed E-state index contributed by atoms with van der Waals surface area (Å²) in [6, 6.07) is 11.1. The van der Waals surface area contributed by atoms with E-state index in [0.29, 0.717) is 24.0 Å². The molecule has 5 N–H and O–H groups in total. The zero-order chi connectivity index (χ0) is 33.3. The monoisotopic (exact) mass is 650 g/mol. The van der Waals surface area contributed by atoms with Crippen LogP contribution in [0.25, 0.3) is 22.2 Å². The standard InChI is InChI=1S/C32H26F4N6O5/c33-19-6-4-16(5-7-19)25-26-20(30(28(37)44)14-23(30)47-26)13-22(41-25)31(46,32(34,35)36)15-39-27(43)18-11-17-3-1-8-38-24(17)21(12-18)40-29(45)42-9-2-10-42/h1,3-8,11-13,23,46H,2,9-10,14-15H2,(H2,37,44)(H,39,43)(H,40,45)/t23?,30-,31?/m1/s1. The molecule has 2 aromatic heterocycles. The Morgan fingerprint density at radius 1 is 1.11 bits per heavy atom. The number of hydrogen-bond donors (Lipinski definition) is 4. The van der Waals surface area contributed by atoms with Gasteiger partial charge in [0.2, 0.25) is 11.5 Å². The summed E-state index contributed by atoms with van der Waals surface area (Å²) >= 11 is 0. The number of amides is 4. The number of carbonyl (C=O) groups excluding carboxylic acids is 3. The number of fused-ring (bicyclic) bond motifs is 4. The molecule has 3 atom stereocenters. The maximum atomic E-state index is 14.8. The fourth-order valence-electron chi connectivity index (χ4n) is 5.97. The van der Waals surface area contributed by atoms with Gasteiger partial charge in [0.15, 0.2) is 5.75 Å². The molecule has 4 heterocycles. The molecule has 7 rings (SSSR count). The maximum Gasteiger partial charge on any atom is 0.424 e. The van der Waals surface area contributed by atoms with Crippen LogP contribution in [-0.2, 0) is 15.8 Å². The summed E-state index contributed by atoms with van der Waals surface area (Å²) in [6.45, 7) is -0.265. The molecule has 4 aromatic rings. The number of nitrogens with two attached hydrogens (primary N) is 1. The summed E-state index contributed by atoms with van der Waals surface area (Å²) in [5.74, 6) is -2.42. The highest BCUT2D eigenvalue weighted by Crippen LogP contribution is 2.61. The number of pyridine rings is 2. The lowest BCUT2D eigenvalue weighted by atomic mass is 9.89. The van der Waals surface area contributed by atoms with Crippen molar-refractivity contribution in [2.24, 2.45) is 5.73 Å². The number of primary amides is 1. The largest absolute Gasteiger partial charge is 0.486 e. The maximum absolute atomic E-state index is 14.8. The minimum atomic E-state index is -5.38. The predicted octanol–water partition coefficient (Wildman–Crippen LogP) is 3.74. The van der Waals surface area contributed by atoms with Gasteiger partial charge >= 0.3 is 12.2 Å². The summed E-state index contributed by atoms with van der Waals surface area (Å²) in [7, 11) is 0. The van der Waals surface area contributed by atoms with Gasteiger partial charge in [0.05, 0.1) is 23.4 Å². The number of ether oxygens (including phenoxy) is 1. The summed E-state index contributed by atoms with van der Waals surface area (Å²) < 4.78 is 64.0. The molecule has 2 unspecified atom stereocenters. The van der Waals surface area contributed by atoms with Crippen molar-refractivity contribution >= 4 is 34.4 Å². The van der Waals surface area contributed by atoms with Crippen LogP contribution >= 0.6 is 0 Å². The average molecular weight is 651 g/mol. The number of rotatable bonds is 7. The number of nitrogens with one attached hydrogen (secondary N) is 2. The molecule has 2 fully saturated rings. The number of likely N-dealkylation sites (tertiary alicyclic amines) is 1. The van der Waals surface area contributed by atoms with E-state index in [1.54, 1.807) is 17.0 Å². The minimum absolute atomic E-state index is 0.00143. The van der Waals surface area contributed by atoms with Gasteiger partial charge in [0, 0.05) is 47.8 Å². The van der Waals surface area contributed by atoms with Crippen molar-refractivity contribution in [2.75, 3.05) is 25.0 Å². The Balaban J connectivity index is 1.25. The lowest BCUT2D eigenvalue weighted by Crippen LogP contribution is -2.51. The van der Waals surface area contributed by atoms with Gasteiger partial charge < -0.3 is 31.1 Å². The van der Waals surface area contributed by atoms with Crippen molar-refractivity contribution < 1.29 is 41.8 Å². The topological polar surface area (TPSA) is 160 Å². The average Bonchev–Trinajstić information content (AvgIpc) is 3.65. The Bertz CT molecular complexity index is 1970. The lowest BCUT2D eigenvalue weighted by Gasteiger charge is -2.31. The Morgan fingerprint density at radius 3 is 2.51 bits per heavy atom. The van der Waals surface area contributed by atoms with Gasteiger partial charge in [-0.25, -0.2) is 14.2 Å². The summed E-state index contributed by atoms with van der Waals surface area (Å²) in [6.07, 6.45) is -3.66. The van der Waals surface area contributed by atoms with E-state index in [1.807, 2.05) is 0 Å². The number of carbonyl (C=O) groups is 3. The van der Waals surface area contributed by atoms with Crippen LogP contribution < -0.4 is 21.1 Å². The molecule has 4 amide bonds. The highest BCUT2D eigenvalue weighted by molar-refractivity contribution is 6.05. The summed E-state index contributed by atoms with van der Waals surface area (Å²) in [5, 5.41) is 16.6. The molecule has 1 saturated carbocycles. The quantitative estimate of drug-likeness (QED) is 0.222. The van der Waals surface area contributed by atoms with Crippen LogP contribution in [0.5, 0.6) is 5.75 Å². The van der Waals surface area contributed by atoms with E-state index in [9.17, 15) is 37.1 Å². The van der Waals surface area contributed by atoms with Gasteiger partial charge in [-0.15, -0.1) is 0 Å². The number of aliphatic hydroxyl groups is 1. The number of nitrogens with zero attached hydrogens (tertiary/aromatic N) is 3. The number of halogens is 4. The first kappa shape index (κ1) is 30.3. The molecule has 1 aliphatic carbocycles. The van der Waals surface area contributed by atoms with Gasteiger partial charge in [0.25, 0.3) is 5.91 Å². The zero-order valence-corrected chi connectivity index (χ0v) is 24.4. The van der Waals surface area contributed by atoms with E-state index < -0.39 is 59.2 Å². The Hall–Kier alpha value is -5.31. The number of anilines is 1. The zero-order valence-electron chi connectivity index (χ0n) is 24.4. The molecule has 0 bridgehead atoms. The lowest BCUT2D eigenvalue weighted by molar-refractivity contribution is -0.265. The first-order valence-electron chi connectivity index (χ1n) is 14.6. The molecule has 1 saturated heterocycles. The molecule has 2 aliphatic heterocycles. The van der Waals surface area contributed by atoms with Crippen molar-refractivity contribution in [3.63, 3.8) is 0 Å². The number of hydrogen-bond acceptors (Lipinski definition) is 7.